The number of halogens is 1. The molecule has 0 fully saturated rings. The van der Waals surface area contributed by atoms with Crippen molar-refractivity contribution in [1.82, 2.24) is 5.32 Å². The van der Waals surface area contributed by atoms with Gasteiger partial charge in [-0.25, -0.2) is 4.39 Å². The van der Waals surface area contributed by atoms with E-state index in [4.69, 9.17) is 4.74 Å². The van der Waals surface area contributed by atoms with Gasteiger partial charge in [-0.2, -0.15) is 0 Å². The first kappa shape index (κ1) is 10.4. The van der Waals surface area contributed by atoms with E-state index >= 15 is 0 Å². The lowest BCUT2D eigenvalue weighted by Gasteiger charge is -2.28. The molecule has 1 N–H and O–H groups in total. The average molecular weight is 209 g/mol. The van der Waals surface area contributed by atoms with Crippen LogP contribution in [0.1, 0.15) is 31.9 Å². The maximum Gasteiger partial charge on any atom is 0.124 e. The van der Waals surface area contributed by atoms with Crippen LogP contribution in [0.3, 0.4) is 0 Å². The van der Waals surface area contributed by atoms with Crippen LogP contribution in [0.4, 0.5) is 4.39 Å². The van der Waals surface area contributed by atoms with Crippen molar-refractivity contribution in [2.24, 2.45) is 0 Å². The standard InChI is InChI=1S/C12H16FNO/c1-8(2)14-11-5-6-15-12-4-3-9(13)7-10(11)12/h3-4,7-8,11,14H,5-6H2,1-2H3. The zero-order valence-electron chi connectivity index (χ0n) is 9.09. The van der Waals surface area contributed by atoms with E-state index in [2.05, 4.69) is 19.2 Å². The highest BCUT2D eigenvalue weighted by Crippen LogP contribution is 2.32. The number of rotatable bonds is 2. The summed E-state index contributed by atoms with van der Waals surface area (Å²) < 4.78 is 18.6. The van der Waals surface area contributed by atoms with E-state index in [9.17, 15) is 4.39 Å². The highest BCUT2D eigenvalue weighted by molar-refractivity contribution is 5.38. The number of fused-ring (bicyclic) bond motifs is 1. The number of benzene rings is 1. The molecule has 0 amide bonds. The Kier molecular flexibility index (Phi) is 2.91. The molecule has 1 aliphatic rings. The predicted molar refractivity (Wildman–Crippen MR) is 57.5 cm³/mol. The van der Waals surface area contributed by atoms with Crippen LogP contribution in [0, 0.1) is 5.82 Å². The van der Waals surface area contributed by atoms with E-state index in [1.807, 2.05) is 0 Å². The molecule has 1 aromatic rings. The van der Waals surface area contributed by atoms with Crippen molar-refractivity contribution in [2.75, 3.05) is 6.61 Å². The van der Waals surface area contributed by atoms with Crippen molar-refractivity contribution in [2.45, 2.75) is 32.4 Å². The fourth-order valence-corrected chi connectivity index (χ4v) is 1.94. The molecule has 3 heteroatoms. The van der Waals surface area contributed by atoms with Crippen molar-refractivity contribution in [1.29, 1.82) is 0 Å². The van der Waals surface area contributed by atoms with E-state index < -0.39 is 0 Å². The largest absolute Gasteiger partial charge is 0.493 e. The number of hydrogen-bond acceptors (Lipinski definition) is 2. The van der Waals surface area contributed by atoms with Crippen LogP contribution in [0.5, 0.6) is 5.75 Å². The number of nitrogens with one attached hydrogen (secondary N) is 1. The minimum Gasteiger partial charge on any atom is -0.493 e. The first-order chi connectivity index (χ1) is 7.16. The normalized spacial score (nSPS) is 19.9. The zero-order chi connectivity index (χ0) is 10.8. The number of ether oxygens (including phenoxy) is 1. The predicted octanol–water partition coefficient (Wildman–Crippen LogP) is 2.65. The van der Waals surface area contributed by atoms with Gasteiger partial charge in [-0.1, -0.05) is 13.8 Å². The fourth-order valence-electron chi connectivity index (χ4n) is 1.94. The van der Waals surface area contributed by atoms with Gasteiger partial charge in [0.2, 0.25) is 0 Å². The topological polar surface area (TPSA) is 21.3 Å². The van der Waals surface area contributed by atoms with E-state index in [1.54, 1.807) is 12.1 Å². The van der Waals surface area contributed by atoms with Crippen molar-refractivity contribution in [3.63, 3.8) is 0 Å². The third kappa shape index (κ3) is 2.29. The van der Waals surface area contributed by atoms with E-state index in [0.717, 1.165) is 17.7 Å². The van der Waals surface area contributed by atoms with Crippen LogP contribution in [0.25, 0.3) is 0 Å². The Balaban J connectivity index is 2.28. The lowest BCUT2D eigenvalue weighted by molar-refractivity contribution is 0.246. The van der Waals surface area contributed by atoms with Gasteiger partial charge in [0.05, 0.1) is 6.61 Å². The third-order valence-electron chi connectivity index (χ3n) is 2.55. The maximum absolute atomic E-state index is 13.1. The van der Waals surface area contributed by atoms with Gasteiger partial charge in [-0.15, -0.1) is 0 Å². The molecule has 82 valence electrons. The molecule has 0 saturated carbocycles. The fraction of sp³-hybridized carbons (Fsp3) is 0.500. The summed E-state index contributed by atoms with van der Waals surface area (Å²) in [6, 6.07) is 5.32. The molecule has 2 nitrogen and oxygen atoms in total. The summed E-state index contributed by atoms with van der Waals surface area (Å²) in [4.78, 5) is 0. The van der Waals surface area contributed by atoms with E-state index in [0.29, 0.717) is 12.6 Å². The van der Waals surface area contributed by atoms with Crippen LogP contribution in [0.2, 0.25) is 0 Å². The SMILES string of the molecule is CC(C)NC1CCOc2ccc(F)cc21. The minimum absolute atomic E-state index is 0.199. The second-order valence-electron chi connectivity index (χ2n) is 4.19. The first-order valence-corrected chi connectivity index (χ1v) is 5.35. The molecular formula is C12H16FNO. The molecule has 0 spiro atoms. The molecule has 0 saturated heterocycles. The van der Waals surface area contributed by atoms with Crippen LogP contribution >= 0.6 is 0 Å². The molecule has 2 rings (SSSR count). The van der Waals surface area contributed by atoms with Gasteiger partial charge in [0.25, 0.3) is 0 Å². The smallest absolute Gasteiger partial charge is 0.124 e. The van der Waals surface area contributed by atoms with E-state index in [-0.39, 0.29) is 11.9 Å². The monoisotopic (exact) mass is 209 g/mol. The number of hydrogen-bond donors (Lipinski definition) is 1. The molecule has 1 atom stereocenters. The molecule has 0 aromatic heterocycles. The maximum atomic E-state index is 13.1. The van der Waals surface area contributed by atoms with Crippen molar-refractivity contribution in [3.8, 4) is 5.75 Å². The van der Waals surface area contributed by atoms with Crippen LogP contribution < -0.4 is 10.1 Å². The minimum atomic E-state index is -0.199. The summed E-state index contributed by atoms with van der Waals surface area (Å²) in [7, 11) is 0. The van der Waals surface area contributed by atoms with Gasteiger partial charge in [-0.3, -0.25) is 0 Å². The quantitative estimate of drug-likeness (QED) is 0.808. The van der Waals surface area contributed by atoms with Gasteiger partial charge in [0.1, 0.15) is 11.6 Å². The first-order valence-electron chi connectivity index (χ1n) is 5.35. The molecule has 1 aliphatic heterocycles. The Morgan fingerprint density at radius 1 is 1.47 bits per heavy atom. The lowest BCUT2D eigenvalue weighted by Crippen LogP contribution is -2.32. The van der Waals surface area contributed by atoms with Crippen LogP contribution in [0.15, 0.2) is 18.2 Å². The van der Waals surface area contributed by atoms with Crippen LogP contribution in [-0.4, -0.2) is 12.6 Å². The van der Waals surface area contributed by atoms with Crippen molar-refractivity contribution in [3.05, 3.63) is 29.6 Å². The second kappa shape index (κ2) is 4.19. The summed E-state index contributed by atoms with van der Waals surface area (Å²) in [5, 5.41) is 3.42. The average Bonchev–Trinajstić information content (AvgIpc) is 2.18. The lowest BCUT2D eigenvalue weighted by atomic mass is 10.00. The summed E-state index contributed by atoms with van der Waals surface area (Å²) in [6.07, 6.45) is 0.897. The molecule has 1 aromatic carbocycles. The third-order valence-corrected chi connectivity index (χ3v) is 2.55. The Hall–Kier alpha value is -1.09. The molecule has 0 aliphatic carbocycles. The molecular weight excluding hydrogens is 193 g/mol. The Morgan fingerprint density at radius 3 is 3.00 bits per heavy atom. The zero-order valence-corrected chi connectivity index (χ0v) is 9.09. The second-order valence-corrected chi connectivity index (χ2v) is 4.19. The summed E-state index contributed by atoms with van der Waals surface area (Å²) in [6.45, 7) is 4.88. The van der Waals surface area contributed by atoms with Gasteiger partial charge < -0.3 is 10.1 Å². The Morgan fingerprint density at radius 2 is 2.27 bits per heavy atom. The van der Waals surface area contributed by atoms with Gasteiger partial charge in [0, 0.05) is 24.1 Å². The van der Waals surface area contributed by atoms with Crippen molar-refractivity contribution < 1.29 is 9.13 Å². The van der Waals surface area contributed by atoms with Crippen LogP contribution in [-0.2, 0) is 0 Å². The molecule has 0 bridgehead atoms. The van der Waals surface area contributed by atoms with Gasteiger partial charge >= 0.3 is 0 Å². The Bertz CT molecular complexity index is 351. The van der Waals surface area contributed by atoms with Gasteiger partial charge in [-0.05, 0) is 18.2 Å². The Labute approximate surface area is 89.4 Å². The molecule has 0 radical (unpaired) electrons. The molecule has 1 heterocycles. The highest BCUT2D eigenvalue weighted by atomic mass is 19.1. The highest BCUT2D eigenvalue weighted by Gasteiger charge is 2.22. The van der Waals surface area contributed by atoms with E-state index in [1.165, 1.54) is 6.07 Å². The summed E-state index contributed by atoms with van der Waals surface area (Å²) in [5.41, 5.74) is 0.940. The summed E-state index contributed by atoms with van der Waals surface area (Å²) >= 11 is 0. The molecule has 15 heavy (non-hydrogen) atoms. The summed E-state index contributed by atoms with van der Waals surface area (Å²) in [5.74, 6) is 0.607. The van der Waals surface area contributed by atoms with Gasteiger partial charge in [0.15, 0.2) is 0 Å². The van der Waals surface area contributed by atoms with Crippen molar-refractivity contribution >= 4 is 0 Å². The molecule has 1 unspecified atom stereocenters.